The Labute approximate surface area is 90.6 Å². The van der Waals surface area contributed by atoms with Crippen molar-refractivity contribution in [3.05, 3.63) is 23.2 Å². The molecule has 0 nitrogen and oxygen atoms in total. The van der Waals surface area contributed by atoms with Gasteiger partial charge in [-0.1, -0.05) is 57.9 Å². The van der Waals surface area contributed by atoms with Crippen molar-refractivity contribution in [2.45, 2.75) is 52.1 Å². The fourth-order valence-electron chi connectivity index (χ4n) is 2.23. The second kappa shape index (κ2) is 5.02. The lowest BCUT2D eigenvalue weighted by Crippen LogP contribution is -2.35. The van der Waals surface area contributed by atoms with Gasteiger partial charge in [-0.2, -0.15) is 0 Å². The summed E-state index contributed by atoms with van der Waals surface area (Å²) in [5.74, 6) is 2.45. The molecule has 0 amide bonds. The van der Waals surface area contributed by atoms with Crippen molar-refractivity contribution in [1.29, 1.82) is 0 Å². The van der Waals surface area contributed by atoms with Gasteiger partial charge in [-0.05, 0) is 6.42 Å². The highest BCUT2D eigenvalue weighted by molar-refractivity contribution is 6.99. The lowest BCUT2D eigenvalue weighted by atomic mass is 9.45. The summed E-state index contributed by atoms with van der Waals surface area (Å²) in [7, 11) is -1.06. The van der Waals surface area contributed by atoms with Crippen LogP contribution >= 0.6 is 0 Å². The van der Waals surface area contributed by atoms with E-state index in [-0.39, 0.29) is 0 Å². The van der Waals surface area contributed by atoms with Crippen LogP contribution in [0.2, 0.25) is 26.0 Å². The van der Waals surface area contributed by atoms with Crippen LogP contribution in [0.5, 0.6) is 0 Å². The molecular formula is C12H23BSi. The third-order valence-corrected chi connectivity index (χ3v) is 5.28. The maximum absolute atomic E-state index is 2.49. The zero-order chi connectivity index (χ0) is 10.6. The first kappa shape index (κ1) is 11.8. The summed E-state index contributed by atoms with van der Waals surface area (Å²) < 4.78 is 0. The predicted octanol–water partition coefficient (Wildman–Crippen LogP) is 4.12. The molecule has 2 heteroatoms. The molecular weight excluding hydrogens is 183 g/mol. The van der Waals surface area contributed by atoms with Crippen LogP contribution in [0.25, 0.3) is 0 Å². The first-order valence-corrected chi connectivity index (χ1v) is 9.43. The Morgan fingerprint density at radius 3 is 2.64 bits per heavy atom. The van der Waals surface area contributed by atoms with Crippen molar-refractivity contribution < 1.29 is 0 Å². The molecule has 0 atom stereocenters. The molecule has 78 valence electrons. The van der Waals surface area contributed by atoms with E-state index in [1.807, 2.05) is 0 Å². The fraction of sp³-hybridized carbons (Fsp3) is 0.667. The zero-order valence-corrected chi connectivity index (χ0v) is 11.1. The number of rotatable bonds is 4. The molecule has 0 aliphatic carbocycles. The van der Waals surface area contributed by atoms with Crippen molar-refractivity contribution in [2.24, 2.45) is 0 Å². The van der Waals surface area contributed by atoms with E-state index >= 15 is 0 Å². The van der Waals surface area contributed by atoms with Crippen molar-refractivity contribution in [2.75, 3.05) is 0 Å². The Balaban J connectivity index is 2.66. The average molecular weight is 206 g/mol. The van der Waals surface area contributed by atoms with Gasteiger partial charge in [0.25, 0.3) is 0 Å². The van der Waals surface area contributed by atoms with E-state index in [0.717, 1.165) is 6.71 Å². The van der Waals surface area contributed by atoms with Crippen molar-refractivity contribution >= 4 is 14.8 Å². The topological polar surface area (TPSA) is 0 Å². The highest BCUT2D eigenvalue weighted by Gasteiger charge is 2.28. The lowest BCUT2D eigenvalue weighted by molar-refractivity contribution is 0.876. The summed E-state index contributed by atoms with van der Waals surface area (Å²) in [6, 6.07) is 0. The first-order valence-electron chi connectivity index (χ1n) is 5.93. The van der Waals surface area contributed by atoms with Crippen LogP contribution in [-0.4, -0.2) is 14.8 Å². The molecule has 14 heavy (non-hydrogen) atoms. The zero-order valence-electron chi connectivity index (χ0n) is 10.1. The van der Waals surface area contributed by atoms with Gasteiger partial charge in [0.05, 0.1) is 8.07 Å². The fourth-order valence-corrected chi connectivity index (χ4v) is 4.31. The lowest BCUT2D eigenvalue weighted by Gasteiger charge is -2.27. The van der Waals surface area contributed by atoms with Crippen molar-refractivity contribution in [3.63, 3.8) is 0 Å². The van der Waals surface area contributed by atoms with Gasteiger partial charge in [-0.15, -0.1) is 11.1 Å². The summed E-state index contributed by atoms with van der Waals surface area (Å²) in [6.07, 6.45) is 10.1. The summed E-state index contributed by atoms with van der Waals surface area (Å²) >= 11 is 0. The molecule has 0 spiro atoms. The molecule has 0 aromatic carbocycles. The number of allylic oxidation sites excluding steroid dienone is 2. The van der Waals surface area contributed by atoms with Crippen LogP contribution in [0.15, 0.2) is 23.2 Å². The van der Waals surface area contributed by atoms with Crippen LogP contribution < -0.4 is 0 Å². The smallest absolute Gasteiger partial charge is 0.114 e. The van der Waals surface area contributed by atoms with Crippen LogP contribution in [0.3, 0.4) is 0 Å². The molecule has 0 aromatic heterocycles. The largest absolute Gasteiger partial charge is 0.190 e. The molecule has 0 unspecified atom stereocenters. The Bertz CT molecular complexity index is 235. The van der Waals surface area contributed by atoms with E-state index in [9.17, 15) is 0 Å². The maximum atomic E-state index is 2.49. The quantitative estimate of drug-likeness (QED) is 0.607. The third kappa shape index (κ3) is 3.16. The predicted molar refractivity (Wildman–Crippen MR) is 70.7 cm³/mol. The van der Waals surface area contributed by atoms with Gasteiger partial charge in [0.1, 0.15) is 0 Å². The van der Waals surface area contributed by atoms with Crippen LogP contribution in [-0.2, 0) is 0 Å². The molecule has 1 rings (SSSR count). The van der Waals surface area contributed by atoms with Crippen molar-refractivity contribution in [1.82, 2.24) is 0 Å². The van der Waals surface area contributed by atoms with Gasteiger partial charge >= 0.3 is 0 Å². The molecule has 0 radical (unpaired) electrons. The highest BCUT2D eigenvalue weighted by Crippen LogP contribution is 2.25. The molecule has 0 N–H and O–H groups in total. The number of unbranched alkanes of at least 4 members (excludes halogenated alkanes) is 1. The van der Waals surface area contributed by atoms with E-state index in [1.165, 1.54) is 25.6 Å². The second-order valence-corrected chi connectivity index (χ2v) is 10.4. The third-order valence-electron chi connectivity index (χ3n) is 2.98. The SMILES string of the molecule is CCCCB1C=CCC=C1[Si](C)(C)C. The highest BCUT2D eigenvalue weighted by atomic mass is 28.3. The summed E-state index contributed by atoms with van der Waals surface area (Å²) in [5.41, 5.74) is 0. The van der Waals surface area contributed by atoms with Gasteiger partial charge in [-0.25, -0.2) is 0 Å². The Morgan fingerprint density at radius 2 is 2.07 bits per heavy atom. The van der Waals surface area contributed by atoms with Gasteiger partial charge in [0, 0.05) is 0 Å². The van der Waals surface area contributed by atoms with Crippen molar-refractivity contribution in [3.8, 4) is 0 Å². The second-order valence-electron chi connectivity index (χ2n) is 5.32. The van der Waals surface area contributed by atoms with E-state index < -0.39 is 8.07 Å². The molecule has 0 fully saturated rings. The summed E-state index contributed by atoms with van der Waals surface area (Å²) in [5, 5.41) is 1.79. The van der Waals surface area contributed by atoms with Gasteiger partial charge < -0.3 is 0 Å². The van der Waals surface area contributed by atoms with E-state index in [0.29, 0.717) is 0 Å². The Morgan fingerprint density at radius 1 is 1.36 bits per heavy atom. The Hall–Kier alpha value is -0.238. The molecule has 0 aromatic rings. The molecule has 1 aliphatic rings. The molecule has 0 saturated heterocycles. The monoisotopic (exact) mass is 206 g/mol. The minimum absolute atomic E-state index is 0.773. The minimum Gasteiger partial charge on any atom is -0.114 e. The summed E-state index contributed by atoms with van der Waals surface area (Å²) in [6.45, 7) is 10.5. The van der Waals surface area contributed by atoms with Crippen LogP contribution in [0.1, 0.15) is 26.2 Å². The molecule has 1 aliphatic heterocycles. The number of hydrogen-bond acceptors (Lipinski definition) is 0. The van der Waals surface area contributed by atoms with E-state index in [4.69, 9.17) is 0 Å². The Kier molecular flexibility index (Phi) is 4.24. The standard InChI is InChI=1S/C12H23BSi/c1-5-6-10-13-11-8-7-9-12(13)14(2,3)4/h8-9,11H,5-7,10H2,1-4H3. The molecule has 1 heterocycles. The van der Waals surface area contributed by atoms with E-state index in [1.54, 1.807) is 5.10 Å². The maximum Gasteiger partial charge on any atom is 0.190 e. The average Bonchev–Trinajstić information content (AvgIpc) is 2.14. The van der Waals surface area contributed by atoms with Gasteiger partial charge in [0.2, 0.25) is 0 Å². The minimum atomic E-state index is -1.06. The van der Waals surface area contributed by atoms with Crippen LogP contribution in [0.4, 0.5) is 0 Å². The normalized spacial score (nSPS) is 17.1. The molecule has 0 bridgehead atoms. The first-order chi connectivity index (χ1) is 6.55. The van der Waals surface area contributed by atoms with Gasteiger partial charge in [0.15, 0.2) is 6.71 Å². The number of hydrogen-bond donors (Lipinski definition) is 0. The van der Waals surface area contributed by atoms with Gasteiger partial charge in [-0.3, -0.25) is 0 Å². The molecule has 0 saturated carbocycles. The van der Waals surface area contributed by atoms with E-state index in [2.05, 4.69) is 44.7 Å². The summed E-state index contributed by atoms with van der Waals surface area (Å²) in [4.78, 5) is 0. The van der Waals surface area contributed by atoms with Crippen LogP contribution in [0, 0.1) is 0 Å².